The summed E-state index contributed by atoms with van der Waals surface area (Å²) in [4.78, 5) is 56.5. The molecule has 5 aromatic rings. The van der Waals surface area contributed by atoms with Crippen LogP contribution in [-0.2, 0) is 22.6 Å². The Morgan fingerprint density at radius 1 is 0.810 bits per heavy atom. The van der Waals surface area contributed by atoms with Crippen molar-refractivity contribution in [3.8, 4) is 0 Å². The van der Waals surface area contributed by atoms with Crippen LogP contribution in [0.25, 0.3) is 11.2 Å². The maximum Gasteiger partial charge on any atom is 0.508 e. The first-order chi connectivity index (χ1) is 20.2. The second-order valence-electron chi connectivity index (χ2n) is 8.54. The van der Waals surface area contributed by atoms with Crippen molar-refractivity contribution in [3.63, 3.8) is 0 Å². The summed E-state index contributed by atoms with van der Waals surface area (Å²) in [5, 5.41) is 0. The van der Waals surface area contributed by atoms with Crippen LogP contribution >= 0.6 is 0 Å². The maximum absolute atomic E-state index is 11.5. The number of nitrogens with one attached hydrogen (secondary N) is 2. The zero-order valence-corrected chi connectivity index (χ0v) is 23.1. The number of rotatable bonds is 7. The molecular formula is C28H32N8O6. The summed E-state index contributed by atoms with van der Waals surface area (Å²) in [7, 11) is 0. The minimum atomic E-state index is -0.607. The highest BCUT2D eigenvalue weighted by atomic mass is 16.7. The van der Waals surface area contributed by atoms with Crippen molar-refractivity contribution in [2.24, 2.45) is 5.73 Å². The van der Waals surface area contributed by atoms with Gasteiger partial charge in [0.25, 0.3) is 11.5 Å². The Morgan fingerprint density at radius 2 is 1.33 bits per heavy atom. The molecular weight excluding hydrogens is 544 g/mol. The Kier molecular flexibility index (Phi) is 11.2. The molecule has 0 saturated heterocycles. The van der Waals surface area contributed by atoms with E-state index >= 15 is 0 Å². The first kappa shape index (κ1) is 30.9. The van der Waals surface area contributed by atoms with E-state index in [-0.39, 0.29) is 11.2 Å². The number of imidazole rings is 2. The number of carbonyl (C=O) groups excluding carboxylic acids is 2. The van der Waals surface area contributed by atoms with Gasteiger partial charge in [-0.05, 0) is 25.0 Å². The number of carbonyl (C=O) groups is 2. The minimum absolute atomic E-state index is 0.121. The number of H-pyrrole nitrogens is 2. The van der Waals surface area contributed by atoms with Gasteiger partial charge < -0.3 is 30.1 Å². The van der Waals surface area contributed by atoms with Crippen LogP contribution in [0.2, 0.25) is 0 Å². The average molecular weight is 577 g/mol. The molecule has 0 bridgehead atoms. The van der Waals surface area contributed by atoms with Gasteiger partial charge in [-0.2, -0.15) is 0 Å². The van der Waals surface area contributed by atoms with Gasteiger partial charge in [-0.15, -0.1) is 0 Å². The van der Waals surface area contributed by atoms with Crippen LogP contribution < -0.4 is 22.7 Å². The van der Waals surface area contributed by atoms with Crippen LogP contribution in [0.15, 0.2) is 82.9 Å². The molecule has 0 saturated carbocycles. The van der Waals surface area contributed by atoms with Gasteiger partial charge in [-0.25, -0.2) is 19.6 Å². The Labute approximate surface area is 239 Å². The highest BCUT2D eigenvalue weighted by Gasteiger charge is 2.12. The molecule has 220 valence electrons. The molecule has 42 heavy (non-hydrogen) atoms. The maximum atomic E-state index is 11.5. The van der Waals surface area contributed by atoms with Crippen LogP contribution in [-0.4, -0.2) is 54.3 Å². The quantitative estimate of drug-likeness (QED) is 0.209. The summed E-state index contributed by atoms with van der Waals surface area (Å²) in [6, 6.07) is 19.5. The lowest BCUT2D eigenvalue weighted by atomic mass is 10.2. The molecule has 5 rings (SSSR count). The zero-order valence-electron chi connectivity index (χ0n) is 23.1. The third-order valence-electron chi connectivity index (χ3n) is 5.54. The van der Waals surface area contributed by atoms with Gasteiger partial charge in [0.05, 0.1) is 39.0 Å². The van der Waals surface area contributed by atoms with E-state index in [4.69, 9.17) is 11.5 Å². The Balaban J connectivity index is 0.000000186. The van der Waals surface area contributed by atoms with Crippen molar-refractivity contribution in [2.75, 3.05) is 18.9 Å². The molecule has 0 aliphatic heterocycles. The number of amides is 1. The second kappa shape index (κ2) is 15.2. The number of nitrogen functional groups attached to an aromatic ring is 1. The molecule has 0 fully saturated rings. The van der Waals surface area contributed by atoms with Crippen molar-refractivity contribution in [1.82, 2.24) is 29.1 Å². The number of benzene rings is 2. The number of hydrogen-bond acceptors (Lipinski definition) is 9. The molecule has 14 nitrogen and oxygen atoms in total. The van der Waals surface area contributed by atoms with E-state index in [1.807, 2.05) is 60.7 Å². The lowest BCUT2D eigenvalue weighted by Gasteiger charge is -2.04. The second-order valence-corrected chi connectivity index (χ2v) is 8.54. The third-order valence-corrected chi connectivity index (χ3v) is 5.54. The van der Waals surface area contributed by atoms with Gasteiger partial charge >= 0.3 is 11.8 Å². The smallest absolute Gasteiger partial charge is 0.435 e. The van der Waals surface area contributed by atoms with E-state index in [1.54, 1.807) is 29.3 Å². The lowest BCUT2D eigenvalue weighted by molar-refractivity contribution is 0.0630. The number of aromatic amines is 2. The molecule has 0 aliphatic carbocycles. The van der Waals surface area contributed by atoms with Crippen molar-refractivity contribution in [3.05, 3.63) is 111 Å². The van der Waals surface area contributed by atoms with Crippen molar-refractivity contribution in [2.45, 2.75) is 26.9 Å². The fourth-order valence-electron chi connectivity index (χ4n) is 3.65. The highest BCUT2D eigenvalue weighted by Crippen LogP contribution is 2.12. The van der Waals surface area contributed by atoms with Crippen LogP contribution in [0.4, 0.5) is 10.6 Å². The summed E-state index contributed by atoms with van der Waals surface area (Å²) < 4.78 is 12.3. The topological polar surface area (TPSA) is 206 Å². The van der Waals surface area contributed by atoms with Crippen LogP contribution in [0.3, 0.4) is 0 Å². The molecule has 0 unspecified atom stereocenters. The summed E-state index contributed by atoms with van der Waals surface area (Å²) in [6.07, 6.45) is 2.47. The molecule has 0 atom stereocenters. The number of aromatic nitrogens is 6. The van der Waals surface area contributed by atoms with E-state index in [9.17, 15) is 19.2 Å². The fraction of sp³-hybridized carbons (Fsp3) is 0.214. The van der Waals surface area contributed by atoms with Crippen LogP contribution in [0.5, 0.6) is 0 Å². The largest absolute Gasteiger partial charge is 0.508 e. The molecule has 1 amide bonds. The molecule has 3 heterocycles. The SMILES string of the molecule is CCOC(=O)OCC.NC(=O)c1ncn(Cc2ccccc2)c1N.O=c1[nH]c(=O)c2ncn(Cc3ccccc3)c2[nH]1. The van der Waals surface area contributed by atoms with Crippen molar-refractivity contribution in [1.29, 1.82) is 0 Å². The van der Waals surface area contributed by atoms with Gasteiger partial charge in [0, 0.05) is 0 Å². The van der Waals surface area contributed by atoms with Gasteiger partial charge in [-0.3, -0.25) is 19.6 Å². The predicted octanol–water partition coefficient (Wildman–Crippen LogP) is 2.25. The monoisotopic (exact) mass is 576 g/mol. The minimum Gasteiger partial charge on any atom is -0.435 e. The van der Waals surface area contributed by atoms with E-state index in [2.05, 4.69) is 29.4 Å². The molecule has 6 N–H and O–H groups in total. The number of hydrogen-bond donors (Lipinski definition) is 4. The lowest BCUT2D eigenvalue weighted by Crippen LogP contribution is -2.22. The summed E-state index contributed by atoms with van der Waals surface area (Å²) in [6.45, 7) is 5.34. The Hall–Kier alpha value is -5.66. The molecule has 14 heteroatoms. The van der Waals surface area contributed by atoms with Crippen LogP contribution in [0.1, 0.15) is 35.5 Å². The number of primary amides is 1. The molecule has 0 radical (unpaired) electrons. The standard InChI is InChI=1S/C12H10N4O2.C11H12N4O.C5H10O3/c17-11-9-10(14-12(18)15-11)16(7-13-9)6-8-4-2-1-3-5-8;12-10-9(11(13)16)14-7-15(10)6-8-4-2-1-3-5-8;1-3-7-5(6)8-4-2/h1-5,7H,6H2,(H2,14,15,17,18);1-5,7H,6,12H2,(H2,13,16);3-4H2,1-2H3. The van der Waals surface area contributed by atoms with E-state index in [0.717, 1.165) is 11.1 Å². The average Bonchev–Trinajstić information content (AvgIpc) is 3.54. The third kappa shape index (κ3) is 8.67. The normalized spacial score (nSPS) is 10.1. The van der Waals surface area contributed by atoms with E-state index in [1.165, 1.54) is 6.33 Å². The first-order valence-corrected chi connectivity index (χ1v) is 12.9. The van der Waals surface area contributed by atoms with Crippen molar-refractivity contribution < 1.29 is 19.1 Å². The first-order valence-electron chi connectivity index (χ1n) is 12.9. The van der Waals surface area contributed by atoms with E-state index < -0.39 is 23.3 Å². The summed E-state index contributed by atoms with van der Waals surface area (Å²) in [5.74, 6) is -0.305. The number of nitrogens with two attached hydrogens (primary N) is 2. The van der Waals surface area contributed by atoms with Crippen molar-refractivity contribution >= 4 is 29.0 Å². The van der Waals surface area contributed by atoms with Gasteiger partial charge in [0.2, 0.25) is 0 Å². The number of nitrogens with zero attached hydrogens (tertiary/aromatic N) is 4. The Bertz CT molecular complexity index is 1700. The summed E-state index contributed by atoms with van der Waals surface area (Å²) in [5.41, 5.74) is 12.8. The zero-order chi connectivity index (χ0) is 30.5. The number of fused-ring (bicyclic) bond motifs is 1. The molecule has 0 aliphatic rings. The Morgan fingerprint density at radius 3 is 1.83 bits per heavy atom. The predicted molar refractivity (Wildman–Crippen MR) is 156 cm³/mol. The summed E-state index contributed by atoms with van der Waals surface area (Å²) >= 11 is 0. The van der Waals surface area contributed by atoms with Gasteiger partial charge in [0.1, 0.15) is 11.5 Å². The highest BCUT2D eigenvalue weighted by molar-refractivity contribution is 5.95. The number of anilines is 1. The number of ether oxygens (including phenoxy) is 2. The molecule has 3 aromatic heterocycles. The fourth-order valence-corrected chi connectivity index (χ4v) is 3.65. The van der Waals surface area contributed by atoms with Crippen LogP contribution in [0, 0.1) is 0 Å². The molecule has 2 aromatic carbocycles. The van der Waals surface area contributed by atoms with Gasteiger partial charge in [-0.1, -0.05) is 60.7 Å². The molecule has 0 spiro atoms. The van der Waals surface area contributed by atoms with E-state index in [0.29, 0.717) is 37.8 Å². The van der Waals surface area contributed by atoms with Gasteiger partial charge in [0.15, 0.2) is 11.2 Å².